The van der Waals surface area contributed by atoms with Gasteiger partial charge in [0.2, 0.25) is 17.7 Å². The maximum absolute atomic E-state index is 11.7. The summed E-state index contributed by atoms with van der Waals surface area (Å²) in [5, 5.41) is 10.5. The zero-order chi connectivity index (χ0) is 34.8. The second-order valence-electron chi connectivity index (χ2n) is 13.1. The third kappa shape index (κ3) is 7.16. The summed E-state index contributed by atoms with van der Waals surface area (Å²) in [5.41, 5.74) is 7.75. The van der Waals surface area contributed by atoms with Crippen molar-refractivity contribution in [3.8, 4) is 45.3 Å². The molecule has 0 bridgehead atoms. The third-order valence-electron chi connectivity index (χ3n) is 9.82. The second-order valence-corrected chi connectivity index (χ2v) is 13.8. The van der Waals surface area contributed by atoms with E-state index >= 15 is 0 Å². The molecule has 260 valence electrons. The monoisotopic (exact) mass is 714 g/mol. The molecule has 4 aromatic rings. The van der Waals surface area contributed by atoms with Gasteiger partial charge in [0, 0.05) is 97.2 Å². The van der Waals surface area contributed by atoms with Gasteiger partial charge in [-0.25, -0.2) is 4.98 Å². The normalized spacial score (nSPS) is 18.9. The lowest BCUT2D eigenvalue weighted by atomic mass is 9.93. The number of halogens is 2. The van der Waals surface area contributed by atoms with Crippen LogP contribution < -0.4 is 25.4 Å². The topological polar surface area (TPSA) is 118 Å². The van der Waals surface area contributed by atoms with Crippen molar-refractivity contribution in [1.82, 2.24) is 30.8 Å². The van der Waals surface area contributed by atoms with Crippen molar-refractivity contribution >= 4 is 35.0 Å². The predicted molar refractivity (Wildman–Crippen MR) is 194 cm³/mol. The van der Waals surface area contributed by atoms with E-state index in [0.29, 0.717) is 53.2 Å². The Morgan fingerprint density at radius 1 is 0.900 bits per heavy atom. The molecule has 10 nitrogen and oxygen atoms in total. The van der Waals surface area contributed by atoms with Crippen LogP contribution in [0.5, 0.6) is 11.6 Å². The minimum Gasteiger partial charge on any atom is -0.496 e. The molecular formula is C38H40Cl2N6O4. The summed E-state index contributed by atoms with van der Waals surface area (Å²) in [6.45, 7) is 3.71. The first kappa shape index (κ1) is 34.2. The highest BCUT2D eigenvalue weighted by molar-refractivity contribution is 6.39. The number of hydrogen-bond donors (Lipinski definition) is 3. The highest BCUT2D eigenvalue weighted by atomic mass is 35.5. The number of benzene rings is 2. The number of rotatable bonds is 11. The number of pyridine rings is 2. The predicted octanol–water partition coefficient (Wildman–Crippen LogP) is 5.81. The first-order chi connectivity index (χ1) is 24.3. The van der Waals surface area contributed by atoms with Gasteiger partial charge in [0.05, 0.1) is 35.7 Å². The van der Waals surface area contributed by atoms with Gasteiger partial charge < -0.3 is 25.4 Å². The smallest absolute Gasteiger partial charge is 0.220 e. The van der Waals surface area contributed by atoms with Crippen LogP contribution in [0.15, 0.2) is 54.7 Å². The molecule has 2 fully saturated rings. The second kappa shape index (κ2) is 14.9. The van der Waals surface area contributed by atoms with Crippen LogP contribution in [0.3, 0.4) is 0 Å². The van der Waals surface area contributed by atoms with Crippen LogP contribution in [-0.4, -0.2) is 72.6 Å². The summed E-state index contributed by atoms with van der Waals surface area (Å²) in [5.74, 6) is 1.54. The molecule has 7 rings (SSSR count). The third-order valence-corrected chi connectivity index (χ3v) is 10.6. The van der Waals surface area contributed by atoms with Crippen LogP contribution in [0.2, 0.25) is 10.0 Å². The average Bonchev–Trinajstić information content (AvgIpc) is 3.74. The van der Waals surface area contributed by atoms with Crippen LogP contribution in [0, 0.1) is 0 Å². The molecule has 0 radical (unpaired) electrons. The van der Waals surface area contributed by atoms with E-state index in [9.17, 15) is 9.59 Å². The molecule has 50 heavy (non-hydrogen) atoms. The number of aromatic nitrogens is 2. The lowest BCUT2D eigenvalue weighted by molar-refractivity contribution is -0.120. The van der Waals surface area contributed by atoms with Crippen molar-refractivity contribution < 1.29 is 19.1 Å². The molecule has 5 heterocycles. The van der Waals surface area contributed by atoms with E-state index in [4.69, 9.17) is 42.6 Å². The number of methoxy groups -OCH3 is 2. The number of hydrogen-bond acceptors (Lipinski definition) is 8. The highest BCUT2D eigenvalue weighted by Gasteiger charge is 2.28. The Kier molecular flexibility index (Phi) is 10.2. The number of carbonyl (C=O) groups is 2. The Morgan fingerprint density at radius 3 is 2.40 bits per heavy atom. The van der Waals surface area contributed by atoms with Gasteiger partial charge in [0.15, 0.2) is 0 Å². The SMILES string of the molecule is COc1cc(-c2nccc(-c3cccc(-c4ccc(CNC[C@H]5CCC(=O)N5)c(OC)n4)c3Cl)c2Cl)cc2c1CN(C[C@H]1CCC(=O)N1)CC2. The summed E-state index contributed by atoms with van der Waals surface area (Å²) in [6, 6.07) is 16.1. The maximum Gasteiger partial charge on any atom is 0.220 e. The molecule has 0 unspecified atom stereocenters. The fraction of sp³-hybridized carbons (Fsp3) is 0.368. The van der Waals surface area contributed by atoms with Crippen LogP contribution >= 0.6 is 23.2 Å². The number of ether oxygens (including phenoxy) is 2. The van der Waals surface area contributed by atoms with Crippen LogP contribution in [0.1, 0.15) is 42.4 Å². The minimum atomic E-state index is 0.101. The van der Waals surface area contributed by atoms with Crippen molar-refractivity contribution in [2.45, 2.75) is 57.3 Å². The van der Waals surface area contributed by atoms with E-state index in [1.165, 1.54) is 5.56 Å². The Labute approximate surface area is 301 Å². The van der Waals surface area contributed by atoms with Gasteiger partial charge in [-0.3, -0.25) is 19.5 Å². The molecule has 2 saturated heterocycles. The lowest BCUT2D eigenvalue weighted by Crippen LogP contribution is -2.41. The van der Waals surface area contributed by atoms with Gasteiger partial charge in [0.25, 0.3) is 0 Å². The zero-order valence-corrected chi connectivity index (χ0v) is 29.7. The molecule has 0 aliphatic carbocycles. The minimum absolute atomic E-state index is 0.101. The summed E-state index contributed by atoms with van der Waals surface area (Å²) in [4.78, 5) is 35.1. The van der Waals surface area contributed by atoms with Crippen molar-refractivity contribution in [2.24, 2.45) is 0 Å². The molecule has 3 aliphatic heterocycles. The molecule has 0 spiro atoms. The van der Waals surface area contributed by atoms with E-state index in [1.54, 1.807) is 20.4 Å². The van der Waals surface area contributed by atoms with Crippen molar-refractivity contribution in [3.05, 3.63) is 81.5 Å². The highest BCUT2D eigenvalue weighted by Crippen LogP contribution is 2.43. The Balaban J connectivity index is 1.13. The van der Waals surface area contributed by atoms with Crippen molar-refractivity contribution in [2.75, 3.05) is 33.9 Å². The number of carbonyl (C=O) groups excluding carboxylic acids is 2. The van der Waals surface area contributed by atoms with Gasteiger partial charge in [-0.15, -0.1) is 0 Å². The summed E-state index contributed by atoms with van der Waals surface area (Å²) in [7, 11) is 3.29. The Hall–Kier alpha value is -4.22. The van der Waals surface area contributed by atoms with E-state index in [0.717, 1.165) is 78.0 Å². The largest absolute Gasteiger partial charge is 0.496 e. The molecule has 2 aromatic carbocycles. The maximum atomic E-state index is 11.7. The molecule has 2 amide bonds. The first-order valence-corrected chi connectivity index (χ1v) is 17.8. The van der Waals surface area contributed by atoms with Crippen LogP contribution in [-0.2, 0) is 29.1 Å². The Bertz CT molecular complexity index is 1920. The van der Waals surface area contributed by atoms with E-state index in [2.05, 4.69) is 26.9 Å². The molecule has 0 saturated carbocycles. The molecule has 3 N–H and O–H groups in total. The first-order valence-electron chi connectivity index (χ1n) is 17.0. The van der Waals surface area contributed by atoms with Crippen LogP contribution in [0.4, 0.5) is 0 Å². The number of amides is 2. The fourth-order valence-corrected chi connectivity index (χ4v) is 7.87. The Morgan fingerprint density at radius 2 is 1.66 bits per heavy atom. The number of nitrogens with one attached hydrogen (secondary N) is 3. The van der Waals surface area contributed by atoms with Gasteiger partial charge >= 0.3 is 0 Å². The fourth-order valence-electron chi connectivity index (χ4n) is 7.22. The van der Waals surface area contributed by atoms with Gasteiger partial charge in [-0.1, -0.05) is 47.5 Å². The van der Waals surface area contributed by atoms with E-state index in [-0.39, 0.29) is 23.9 Å². The number of nitrogens with zero attached hydrogens (tertiary/aromatic N) is 3. The van der Waals surface area contributed by atoms with E-state index < -0.39 is 0 Å². The molecular weight excluding hydrogens is 675 g/mol. The number of fused-ring (bicyclic) bond motifs is 1. The van der Waals surface area contributed by atoms with Gasteiger partial charge in [0.1, 0.15) is 5.75 Å². The summed E-state index contributed by atoms with van der Waals surface area (Å²) < 4.78 is 11.6. The lowest BCUT2D eigenvalue weighted by Gasteiger charge is -2.32. The van der Waals surface area contributed by atoms with Crippen molar-refractivity contribution in [3.63, 3.8) is 0 Å². The van der Waals surface area contributed by atoms with E-state index in [1.807, 2.05) is 42.5 Å². The standard InChI is InChI=1S/C38H40Cl2N6O4/c1-49-32-17-24(16-22-13-15-46(21-30(22)32)20-26-8-11-34(48)44-26)37-36(40)28(12-14-42-37)27-4-3-5-29(35(27)39)31-9-6-23(38(45-31)50-2)18-41-19-25-7-10-33(47)43-25/h3-6,9,12,14,16-17,25-26,41H,7-8,10-11,13,15,18-21H2,1-2H3,(H,43,47)(H,44,48)/t25-,26-/m1/s1. The zero-order valence-electron chi connectivity index (χ0n) is 28.2. The molecule has 2 aromatic heterocycles. The summed E-state index contributed by atoms with van der Waals surface area (Å²) >= 11 is 14.3. The summed E-state index contributed by atoms with van der Waals surface area (Å²) in [6.07, 6.45) is 5.50. The molecule has 2 atom stereocenters. The van der Waals surface area contributed by atoms with Crippen molar-refractivity contribution in [1.29, 1.82) is 0 Å². The van der Waals surface area contributed by atoms with Crippen LogP contribution in [0.25, 0.3) is 33.6 Å². The molecule has 12 heteroatoms. The van der Waals surface area contributed by atoms with Gasteiger partial charge in [-0.2, -0.15) is 0 Å². The molecule has 3 aliphatic rings. The quantitative estimate of drug-likeness (QED) is 0.178. The van der Waals surface area contributed by atoms with Gasteiger partial charge in [-0.05, 0) is 49.1 Å². The average molecular weight is 716 g/mol.